The normalized spacial score (nSPS) is 14.2. The molecule has 0 spiro atoms. The Balaban J connectivity index is 2.56. The van der Waals surface area contributed by atoms with Crippen molar-refractivity contribution in [3.8, 4) is 0 Å². The number of hydrogen-bond acceptors (Lipinski definition) is 3. The summed E-state index contributed by atoms with van der Waals surface area (Å²) in [5.74, 6) is 2.32. The van der Waals surface area contributed by atoms with Gasteiger partial charge >= 0.3 is 0 Å². The van der Waals surface area contributed by atoms with E-state index in [4.69, 9.17) is 0 Å². The minimum atomic E-state index is -0.284. The molecule has 0 heterocycles. The van der Waals surface area contributed by atoms with Gasteiger partial charge in [-0.3, -0.25) is 0 Å². The number of unbranched alkanes of at least 4 members (excludes halogenated alkanes) is 2. The molecule has 1 atom stereocenters. The second-order valence-corrected chi connectivity index (χ2v) is 6.43. The zero-order chi connectivity index (χ0) is 14.7. The summed E-state index contributed by atoms with van der Waals surface area (Å²) >= 11 is 2.00. The van der Waals surface area contributed by atoms with E-state index in [0.29, 0.717) is 0 Å². The van der Waals surface area contributed by atoms with Gasteiger partial charge in [0.15, 0.2) is 0 Å². The summed E-state index contributed by atoms with van der Waals surface area (Å²) in [5, 5.41) is 13.4. The maximum Gasteiger partial charge on any atom is 0.0676 e. The van der Waals surface area contributed by atoms with Gasteiger partial charge in [-0.2, -0.15) is 11.8 Å². The van der Waals surface area contributed by atoms with Gasteiger partial charge in [-0.25, -0.2) is 0 Å². The lowest BCUT2D eigenvalue weighted by Gasteiger charge is -2.33. The summed E-state index contributed by atoms with van der Waals surface area (Å²) in [7, 11) is 0. The molecule has 0 saturated carbocycles. The van der Waals surface area contributed by atoms with Crippen LogP contribution in [-0.2, 0) is 5.54 Å². The first kappa shape index (κ1) is 17.5. The molecule has 114 valence electrons. The lowest BCUT2D eigenvalue weighted by atomic mass is 9.88. The van der Waals surface area contributed by atoms with Gasteiger partial charge in [0, 0.05) is 0 Å². The third kappa shape index (κ3) is 5.47. The quantitative estimate of drug-likeness (QED) is 0.609. The molecule has 2 N–H and O–H groups in total. The van der Waals surface area contributed by atoms with Crippen LogP contribution in [0.15, 0.2) is 30.3 Å². The third-order valence-corrected chi connectivity index (χ3v) is 4.75. The fraction of sp³-hybridized carbons (Fsp3) is 0.647. The summed E-state index contributed by atoms with van der Waals surface area (Å²) in [6.07, 6.45) is 4.88. The molecule has 0 aliphatic rings. The van der Waals surface area contributed by atoms with Crippen LogP contribution >= 0.6 is 11.8 Å². The molecule has 1 rings (SSSR count). The number of aliphatic hydroxyl groups excluding tert-OH is 1. The highest BCUT2D eigenvalue weighted by atomic mass is 32.2. The summed E-state index contributed by atoms with van der Waals surface area (Å²) < 4.78 is 0. The van der Waals surface area contributed by atoms with E-state index >= 15 is 0 Å². The van der Waals surface area contributed by atoms with Gasteiger partial charge in [0.05, 0.1) is 12.1 Å². The number of benzene rings is 1. The molecule has 1 aromatic rings. The Morgan fingerprint density at radius 2 is 1.85 bits per heavy atom. The van der Waals surface area contributed by atoms with E-state index in [1.807, 2.05) is 30.0 Å². The third-order valence-electron chi connectivity index (χ3n) is 3.68. The van der Waals surface area contributed by atoms with Gasteiger partial charge in [-0.05, 0) is 36.5 Å². The molecular formula is C17H29NOS. The molecule has 0 radical (unpaired) electrons. The van der Waals surface area contributed by atoms with Crippen molar-refractivity contribution in [1.29, 1.82) is 0 Å². The predicted molar refractivity (Wildman–Crippen MR) is 90.3 cm³/mol. The summed E-state index contributed by atoms with van der Waals surface area (Å²) in [5.41, 5.74) is 0.909. The molecule has 0 aliphatic carbocycles. The highest BCUT2D eigenvalue weighted by Crippen LogP contribution is 2.26. The Bertz CT molecular complexity index is 344. The van der Waals surface area contributed by atoms with Crippen molar-refractivity contribution in [2.75, 3.05) is 24.7 Å². The van der Waals surface area contributed by atoms with E-state index in [9.17, 15) is 5.11 Å². The van der Waals surface area contributed by atoms with Crippen molar-refractivity contribution in [3.63, 3.8) is 0 Å². The van der Waals surface area contributed by atoms with E-state index in [-0.39, 0.29) is 12.1 Å². The van der Waals surface area contributed by atoms with Crippen LogP contribution < -0.4 is 5.32 Å². The zero-order valence-electron chi connectivity index (χ0n) is 12.9. The van der Waals surface area contributed by atoms with E-state index in [2.05, 4.69) is 31.3 Å². The van der Waals surface area contributed by atoms with Crippen LogP contribution in [-0.4, -0.2) is 29.8 Å². The Morgan fingerprint density at radius 1 is 1.10 bits per heavy atom. The first-order valence-electron chi connectivity index (χ1n) is 7.78. The molecule has 1 unspecified atom stereocenters. The van der Waals surface area contributed by atoms with Crippen molar-refractivity contribution in [3.05, 3.63) is 35.9 Å². The second kappa shape index (κ2) is 10.3. The van der Waals surface area contributed by atoms with Crippen molar-refractivity contribution in [2.24, 2.45) is 0 Å². The average Bonchev–Trinajstić information content (AvgIpc) is 2.50. The molecular weight excluding hydrogens is 266 g/mol. The van der Waals surface area contributed by atoms with Gasteiger partial charge in [0.25, 0.3) is 0 Å². The molecule has 0 bridgehead atoms. The van der Waals surface area contributed by atoms with E-state index in [1.54, 1.807) is 0 Å². The molecule has 0 aromatic heterocycles. The maximum absolute atomic E-state index is 9.93. The fourth-order valence-electron chi connectivity index (χ4n) is 2.46. The number of aliphatic hydroxyl groups is 1. The van der Waals surface area contributed by atoms with Crippen LogP contribution in [0.25, 0.3) is 0 Å². The Labute approximate surface area is 128 Å². The number of nitrogens with one attached hydrogen (secondary N) is 1. The SMILES string of the molecule is CCCCCSCCC(CO)(NCC)c1ccccc1. The minimum Gasteiger partial charge on any atom is -0.394 e. The van der Waals surface area contributed by atoms with Crippen molar-refractivity contribution in [1.82, 2.24) is 5.32 Å². The second-order valence-electron chi connectivity index (χ2n) is 5.21. The molecule has 2 nitrogen and oxygen atoms in total. The Morgan fingerprint density at radius 3 is 2.45 bits per heavy atom. The molecule has 0 amide bonds. The topological polar surface area (TPSA) is 32.3 Å². The lowest BCUT2D eigenvalue weighted by molar-refractivity contribution is 0.158. The van der Waals surface area contributed by atoms with Crippen LogP contribution in [0.3, 0.4) is 0 Å². The van der Waals surface area contributed by atoms with Crippen molar-refractivity contribution >= 4 is 11.8 Å². The molecule has 0 aliphatic heterocycles. The lowest BCUT2D eigenvalue weighted by Crippen LogP contribution is -2.46. The highest BCUT2D eigenvalue weighted by molar-refractivity contribution is 7.99. The molecule has 20 heavy (non-hydrogen) atoms. The van der Waals surface area contributed by atoms with Crippen molar-refractivity contribution < 1.29 is 5.11 Å². The van der Waals surface area contributed by atoms with E-state index in [0.717, 1.165) is 18.7 Å². The Hall–Kier alpha value is -0.510. The number of likely N-dealkylation sites (N-methyl/N-ethyl adjacent to an activating group) is 1. The van der Waals surface area contributed by atoms with Gasteiger partial charge in [0.1, 0.15) is 0 Å². The summed E-state index contributed by atoms with van der Waals surface area (Å²) in [6.45, 7) is 5.36. The molecule has 0 saturated heterocycles. The smallest absolute Gasteiger partial charge is 0.0676 e. The van der Waals surface area contributed by atoms with Crippen LogP contribution in [0, 0.1) is 0 Å². The number of hydrogen-bond donors (Lipinski definition) is 2. The van der Waals surface area contributed by atoms with Crippen LogP contribution in [0.5, 0.6) is 0 Å². The van der Waals surface area contributed by atoms with Gasteiger partial charge in [-0.15, -0.1) is 0 Å². The van der Waals surface area contributed by atoms with Crippen LogP contribution in [0.4, 0.5) is 0 Å². The monoisotopic (exact) mass is 295 g/mol. The minimum absolute atomic E-state index is 0.153. The maximum atomic E-state index is 9.93. The average molecular weight is 295 g/mol. The van der Waals surface area contributed by atoms with Gasteiger partial charge in [-0.1, -0.05) is 57.0 Å². The number of thioether (sulfide) groups is 1. The summed E-state index contributed by atoms with van der Waals surface area (Å²) in [6, 6.07) is 10.3. The van der Waals surface area contributed by atoms with Crippen molar-refractivity contribution in [2.45, 2.75) is 45.1 Å². The molecule has 3 heteroatoms. The van der Waals surface area contributed by atoms with Crippen LogP contribution in [0.2, 0.25) is 0 Å². The first-order chi connectivity index (χ1) is 9.79. The standard InChI is InChI=1S/C17H29NOS/c1-3-5-9-13-20-14-12-17(15-19,18-4-2)16-10-7-6-8-11-16/h6-8,10-11,18-19H,3-5,9,12-15H2,1-2H3. The van der Waals surface area contributed by atoms with E-state index < -0.39 is 0 Å². The summed E-state index contributed by atoms with van der Waals surface area (Å²) in [4.78, 5) is 0. The molecule has 0 fully saturated rings. The predicted octanol–water partition coefficient (Wildman–Crippen LogP) is 3.80. The molecule has 1 aromatic carbocycles. The highest BCUT2D eigenvalue weighted by Gasteiger charge is 2.29. The van der Waals surface area contributed by atoms with E-state index in [1.165, 1.54) is 30.6 Å². The number of rotatable bonds is 11. The van der Waals surface area contributed by atoms with Gasteiger partial charge in [0.2, 0.25) is 0 Å². The Kier molecular flexibility index (Phi) is 8.99. The van der Waals surface area contributed by atoms with Gasteiger partial charge < -0.3 is 10.4 Å². The van der Waals surface area contributed by atoms with Crippen LogP contribution in [0.1, 0.15) is 45.1 Å². The first-order valence-corrected chi connectivity index (χ1v) is 8.93. The fourth-order valence-corrected chi connectivity index (χ4v) is 3.56. The zero-order valence-corrected chi connectivity index (χ0v) is 13.7. The largest absolute Gasteiger partial charge is 0.394 e.